The Bertz CT molecular complexity index is 277. The van der Waals surface area contributed by atoms with Crippen molar-refractivity contribution in [2.45, 2.75) is 45.6 Å². The molecule has 0 aromatic carbocycles. The minimum absolute atomic E-state index is 0.00419. The number of nitrogens with zero attached hydrogens (tertiary/aromatic N) is 1. The van der Waals surface area contributed by atoms with Crippen LogP contribution in [0, 0.1) is 0 Å². The zero-order valence-corrected chi connectivity index (χ0v) is 11.5. The summed E-state index contributed by atoms with van der Waals surface area (Å²) in [7, 11) is 0. The van der Waals surface area contributed by atoms with Gasteiger partial charge in [0.2, 0.25) is 11.8 Å². The zero-order valence-electron chi connectivity index (χ0n) is 11.5. The lowest BCUT2D eigenvalue weighted by Gasteiger charge is -2.20. The molecule has 1 fully saturated rings. The number of nitrogens with one attached hydrogen (secondary N) is 2. The maximum Gasteiger partial charge on any atom is 0.234 e. The van der Waals surface area contributed by atoms with E-state index in [-0.39, 0.29) is 11.8 Å². The Balaban J connectivity index is 2.27. The summed E-state index contributed by atoms with van der Waals surface area (Å²) in [6.45, 7) is 6.18. The largest absolute Gasteiger partial charge is 0.355 e. The lowest BCUT2D eigenvalue weighted by atomic mass is 10.3. The molecule has 1 aliphatic rings. The fourth-order valence-electron chi connectivity index (χ4n) is 1.76. The van der Waals surface area contributed by atoms with Gasteiger partial charge in [-0.2, -0.15) is 0 Å². The zero-order chi connectivity index (χ0) is 13.4. The molecule has 2 N–H and O–H groups in total. The number of amides is 2. The van der Waals surface area contributed by atoms with Crippen molar-refractivity contribution in [1.82, 2.24) is 15.5 Å². The van der Waals surface area contributed by atoms with Crippen LogP contribution in [0.15, 0.2) is 0 Å². The van der Waals surface area contributed by atoms with Gasteiger partial charge >= 0.3 is 0 Å². The molecule has 2 amide bonds. The third-order valence-corrected chi connectivity index (χ3v) is 2.79. The van der Waals surface area contributed by atoms with Crippen LogP contribution in [0.4, 0.5) is 0 Å². The van der Waals surface area contributed by atoms with Crippen LogP contribution in [-0.2, 0) is 9.59 Å². The van der Waals surface area contributed by atoms with Gasteiger partial charge in [-0.1, -0.05) is 13.8 Å². The average Bonchev–Trinajstić information content (AvgIpc) is 3.10. The van der Waals surface area contributed by atoms with E-state index < -0.39 is 0 Å². The van der Waals surface area contributed by atoms with Crippen LogP contribution >= 0.6 is 0 Å². The van der Waals surface area contributed by atoms with Crippen molar-refractivity contribution >= 4 is 11.8 Å². The van der Waals surface area contributed by atoms with E-state index in [0.717, 1.165) is 32.2 Å². The molecule has 0 heterocycles. The molecule has 0 spiro atoms. The standard InChI is InChI=1S/C13H25N3O2/c1-3-7-14-12(17)9-16(8-4-2)10-13(18)15-11-5-6-11/h11H,3-10H2,1-2H3,(H,14,17)(H,15,18). The smallest absolute Gasteiger partial charge is 0.234 e. The fraction of sp³-hybridized carbons (Fsp3) is 0.846. The van der Waals surface area contributed by atoms with E-state index in [1.54, 1.807) is 0 Å². The molecule has 0 atom stereocenters. The van der Waals surface area contributed by atoms with Gasteiger partial charge in [-0.25, -0.2) is 0 Å². The molecule has 5 heteroatoms. The number of carbonyl (C=O) groups excluding carboxylic acids is 2. The average molecular weight is 255 g/mol. The van der Waals surface area contributed by atoms with Gasteiger partial charge in [0, 0.05) is 12.6 Å². The van der Waals surface area contributed by atoms with Crippen LogP contribution in [0.5, 0.6) is 0 Å². The topological polar surface area (TPSA) is 61.4 Å². The molecular weight excluding hydrogens is 230 g/mol. The highest BCUT2D eigenvalue weighted by Crippen LogP contribution is 2.18. The number of hydrogen-bond acceptors (Lipinski definition) is 3. The first-order valence-electron chi connectivity index (χ1n) is 6.94. The first-order valence-corrected chi connectivity index (χ1v) is 6.94. The lowest BCUT2D eigenvalue weighted by molar-refractivity contribution is -0.125. The van der Waals surface area contributed by atoms with Gasteiger partial charge in [0.25, 0.3) is 0 Å². The Morgan fingerprint density at radius 2 is 1.78 bits per heavy atom. The van der Waals surface area contributed by atoms with Crippen molar-refractivity contribution in [3.8, 4) is 0 Å². The Hall–Kier alpha value is -1.10. The van der Waals surface area contributed by atoms with Crippen LogP contribution < -0.4 is 10.6 Å². The van der Waals surface area contributed by atoms with Crippen LogP contribution in [-0.4, -0.2) is 48.9 Å². The van der Waals surface area contributed by atoms with E-state index >= 15 is 0 Å². The maximum absolute atomic E-state index is 11.7. The molecule has 18 heavy (non-hydrogen) atoms. The fourth-order valence-corrected chi connectivity index (χ4v) is 1.76. The number of carbonyl (C=O) groups is 2. The van der Waals surface area contributed by atoms with Crippen molar-refractivity contribution in [1.29, 1.82) is 0 Å². The van der Waals surface area contributed by atoms with Gasteiger partial charge in [-0.05, 0) is 32.2 Å². The van der Waals surface area contributed by atoms with E-state index in [4.69, 9.17) is 0 Å². The molecule has 5 nitrogen and oxygen atoms in total. The summed E-state index contributed by atoms with van der Waals surface area (Å²) in [6, 6.07) is 0.384. The van der Waals surface area contributed by atoms with Crippen molar-refractivity contribution in [3.63, 3.8) is 0 Å². The van der Waals surface area contributed by atoms with Crippen LogP contribution in [0.25, 0.3) is 0 Å². The first kappa shape index (κ1) is 15.0. The molecule has 1 saturated carbocycles. The summed E-state index contributed by atoms with van der Waals surface area (Å²) in [5.74, 6) is 0.0405. The number of rotatable bonds is 9. The minimum Gasteiger partial charge on any atom is -0.355 e. The van der Waals surface area contributed by atoms with Crippen molar-refractivity contribution in [2.75, 3.05) is 26.2 Å². The predicted molar refractivity (Wildman–Crippen MR) is 71.2 cm³/mol. The summed E-state index contributed by atoms with van der Waals surface area (Å²) in [4.78, 5) is 25.2. The summed E-state index contributed by atoms with van der Waals surface area (Å²) in [5.41, 5.74) is 0. The second-order valence-electron chi connectivity index (χ2n) is 4.90. The Labute approximate surface area is 109 Å². The second-order valence-corrected chi connectivity index (χ2v) is 4.90. The minimum atomic E-state index is 0.00419. The highest BCUT2D eigenvalue weighted by atomic mass is 16.2. The predicted octanol–water partition coefficient (Wildman–Crippen LogP) is 0.503. The van der Waals surface area contributed by atoms with Gasteiger partial charge < -0.3 is 10.6 Å². The third-order valence-electron chi connectivity index (χ3n) is 2.79. The molecule has 0 unspecified atom stereocenters. The molecule has 104 valence electrons. The Morgan fingerprint density at radius 3 is 2.33 bits per heavy atom. The second kappa shape index (κ2) is 8.08. The lowest BCUT2D eigenvalue weighted by Crippen LogP contribution is -2.43. The van der Waals surface area contributed by atoms with Crippen LogP contribution in [0.2, 0.25) is 0 Å². The quantitative estimate of drug-likeness (QED) is 0.631. The van der Waals surface area contributed by atoms with E-state index in [0.29, 0.717) is 25.7 Å². The SMILES string of the molecule is CCCNC(=O)CN(CCC)CC(=O)NC1CC1. The van der Waals surface area contributed by atoms with Gasteiger partial charge in [-0.15, -0.1) is 0 Å². The molecule has 0 radical (unpaired) electrons. The Morgan fingerprint density at radius 1 is 1.11 bits per heavy atom. The summed E-state index contributed by atoms with van der Waals surface area (Å²) < 4.78 is 0. The van der Waals surface area contributed by atoms with Gasteiger partial charge in [0.1, 0.15) is 0 Å². The van der Waals surface area contributed by atoms with Gasteiger partial charge in [-0.3, -0.25) is 14.5 Å². The molecule has 0 aliphatic heterocycles. The van der Waals surface area contributed by atoms with E-state index in [1.807, 2.05) is 11.8 Å². The van der Waals surface area contributed by atoms with Crippen LogP contribution in [0.3, 0.4) is 0 Å². The molecule has 0 bridgehead atoms. The first-order chi connectivity index (χ1) is 8.65. The van der Waals surface area contributed by atoms with E-state index in [1.165, 1.54) is 0 Å². The van der Waals surface area contributed by atoms with E-state index in [9.17, 15) is 9.59 Å². The Kier molecular flexibility index (Phi) is 6.72. The van der Waals surface area contributed by atoms with Crippen molar-refractivity contribution in [2.24, 2.45) is 0 Å². The summed E-state index contributed by atoms with van der Waals surface area (Å²) in [6.07, 6.45) is 4.06. The van der Waals surface area contributed by atoms with E-state index in [2.05, 4.69) is 17.6 Å². The van der Waals surface area contributed by atoms with Crippen LogP contribution in [0.1, 0.15) is 39.5 Å². The molecule has 0 aromatic heterocycles. The summed E-state index contributed by atoms with van der Waals surface area (Å²) >= 11 is 0. The highest BCUT2D eigenvalue weighted by Gasteiger charge is 2.24. The molecule has 1 rings (SSSR count). The monoisotopic (exact) mass is 255 g/mol. The molecule has 0 aromatic rings. The molecular formula is C13H25N3O2. The normalized spacial score (nSPS) is 14.6. The molecule has 0 saturated heterocycles. The third kappa shape index (κ3) is 6.59. The maximum atomic E-state index is 11.7. The van der Waals surface area contributed by atoms with Crippen molar-refractivity contribution < 1.29 is 9.59 Å². The highest BCUT2D eigenvalue weighted by molar-refractivity contribution is 5.81. The van der Waals surface area contributed by atoms with Crippen molar-refractivity contribution in [3.05, 3.63) is 0 Å². The summed E-state index contributed by atoms with van der Waals surface area (Å²) in [5, 5.41) is 5.78. The van der Waals surface area contributed by atoms with Gasteiger partial charge in [0.15, 0.2) is 0 Å². The number of hydrogen-bond donors (Lipinski definition) is 2. The van der Waals surface area contributed by atoms with Gasteiger partial charge in [0.05, 0.1) is 13.1 Å². The molecule has 1 aliphatic carbocycles.